The first kappa shape index (κ1) is 24.2. The number of hydrogen-bond acceptors (Lipinski definition) is 7. The summed E-state index contributed by atoms with van der Waals surface area (Å²) in [6, 6.07) is 23.1. The van der Waals surface area contributed by atoms with Crippen LogP contribution in [-0.2, 0) is 11.3 Å². The topological polar surface area (TPSA) is 90.3 Å². The summed E-state index contributed by atoms with van der Waals surface area (Å²) in [5, 5.41) is 15.7. The lowest BCUT2D eigenvalue weighted by Crippen LogP contribution is -2.15. The second kappa shape index (κ2) is 11.4. The molecule has 1 aromatic heterocycles. The zero-order valence-electron chi connectivity index (χ0n) is 19.8. The number of carbonyl (C=O) groups excluding carboxylic acids is 1. The molecule has 0 spiro atoms. The van der Waals surface area contributed by atoms with Gasteiger partial charge in [-0.2, -0.15) is 0 Å². The molecule has 0 radical (unpaired) electrons. The Hall–Kier alpha value is -3.98. The Kier molecular flexibility index (Phi) is 7.89. The van der Waals surface area contributed by atoms with E-state index in [0.717, 1.165) is 28.5 Å². The third kappa shape index (κ3) is 6.13. The normalized spacial score (nSPS) is 10.6. The Balaban J connectivity index is 1.50. The number of nitrogens with zero attached hydrogens (tertiary/aromatic N) is 3. The standard InChI is InChI=1S/C26H27N5O3S/c1-18-8-12-20(13-9-18)31-24(16-27-19-10-14-21(33-2)15-11-19)29-30-26(31)35-17-25(32)28-22-6-4-5-7-23(22)34-3/h4-15,27H,16-17H2,1-3H3,(H,28,32). The molecule has 4 aromatic rings. The van der Waals surface area contributed by atoms with E-state index in [2.05, 4.69) is 20.8 Å². The summed E-state index contributed by atoms with van der Waals surface area (Å²) in [6.07, 6.45) is 0. The number of anilines is 2. The van der Waals surface area contributed by atoms with Gasteiger partial charge < -0.3 is 20.1 Å². The van der Waals surface area contributed by atoms with Crippen LogP contribution < -0.4 is 20.1 Å². The average molecular weight is 490 g/mol. The molecule has 3 aromatic carbocycles. The van der Waals surface area contributed by atoms with Gasteiger partial charge >= 0.3 is 0 Å². The van der Waals surface area contributed by atoms with Crippen LogP contribution in [0.5, 0.6) is 11.5 Å². The Morgan fingerprint density at radius 2 is 1.69 bits per heavy atom. The first-order chi connectivity index (χ1) is 17.1. The largest absolute Gasteiger partial charge is 0.497 e. The molecule has 0 saturated heterocycles. The van der Waals surface area contributed by atoms with Crippen molar-refractivity contribution < 1.29 is 14.3 Å². The maximum atomic E-state index is 12.6. The van der Waals surface area contributed by atoms with Crippen LogP contribution >= 0.6 is 11.8 Å². The molecule has 2 N–H and O–H groups in total. The van der Waals surface area contributed by atoms with E-state index in [-0.39, 0.29) is 11.7 Å². The van der Waals surface area contributed by atoms with Gasteiger partial charge in [-0.3, -0.25) is 9.36 Å². The van der Waals surface area contributed by atoms with Crippen LogP contribution in [0, 0.1) is 6.92 Å². The highest BCUT2D eigenvalue weighted by molar-refractivity contribution is 7.99. The average Bonchev–Trinajstić information content (AvgIpc) is 3.30. The summed E-state index contributed by atoms with van der Waals surface area (Å²) < 4.78 is 12.5. The van der Waals surface area contributed by atoms with Crippen LogP contribution in [0.15, 0.2) is 78.0 Å². The van der Waals surface area contributed by atoms with Gasteiger partial charge in [-0.1, -0.05) is 41.6 Å². The van der Waals surface area contributed by atoms with E-state index < -0.39 is 0 Å². The summed E-state index contributed by atoms with van der Waals surface area (Å²) in [4.78, 5) is 12.6. The molecule has 0 unspecified atom stereocenters. The molecule has 180 valence electrons. The fourth-order valence-corrected chi connectivity index (χ4v) is 4.19. The van der Waals surface area contributed by atoms with Crippen molar-refractivity contribution in [3.05, 3.63) is 84.2 Å². The van der Waals surface area contributed by atoms with Gasteiger partial charge in [-0.05, 0) is 55.5 Å². The number of para-hydroxylation sites is 2. The van der Waals surface area contributed by atoms with Gasteiger partial charge in [-0.15, -0.1) is 10.2 Å². The third-order valence-corrected chi connectivity index (χ3v) is 6.18. The molecule has 8 nitrogen and oxygen atoms in total. The number of benzene rings is 3. The van der Waals surface area contributed by atoms with Gasteiger partial charge in [0.15, 0.2) is 11.0 Å². The summed E-state index contributed by atoms with van der Waals surface area (Å²) in [6.45, 7) is 2.50. The molecule has 9 heteroatoms. The molecule has 1 amide bonds. The van der Waals surface area contributed by atoms with Gasteiger partial charge in [0.1, 0.15) is 11.5 Å². The fraction of sp³-hybridized carbons (Fsp3) is 0.192. The summed E-state index contributed by atoms with van der Waals surface area (Å²) in [5.41, 5.74) is 3.66. The van der Waals surface area contributed by atoms with Crippen molar-refractivity contribution in [3.8, 4) is 17.2 Å². The maximum Gasteiger partial charge on any atom is 0.234 e. The molecule has 0 aliphatic heterocycles. The molecule has 0 aliphatic rings. The van der Waals surface area contributed by atoms with Crippen LogP contribution in [-0.4, -0.2) is 40.6 Å². The molecule has 0 bridgehead atoms. The van der Waals surface area contributed by atoms with Crippen LogP contribution in [0.3, 0.4) is 0 Å². The number of amides is 1. The third-order valence-electron chi connectivity index (χ3n) is 5.25. The van der Waals surface area contributed by atoms with Gasteiger partial charge in [0.2, 0.25) is 5.91 Å². The lowest BCUT2D eigenvalue weighted by Gasteiger charge is -2.12. The van der Waals surface area contributed by atoms with E-state index >= 15 is 0 Å². The molecular weight excluding hydrogens is 462 g/mol. The summed E-state index contributed by atoms with van der Waals surface area (Å²) in [5.74, 6) is 2.16. The number of ether oxygens (including phenoxy) is 2. The first-order valence-electron chi connectivity index (χ1n) is 11.0. The number of methoxy groups -OCH3 is 2. The number of aryl methyl sites for hydroxylation is 1. The molecule has 4 rings (SSSR count). The molecule has 0 atom stereocenters. The molecule has 0 saturated carbocycles. The van der Waals surface area contributed by atoms with Crippen molar-refractivity contribution >= 4 is 29.0 Å². The summed E-state index contributed by atoms with van der Waals surface area (Å²) >= 11 is 1.33. The minimum absolute atomic E-state index is 0.157. The minimum Gasteiger partial charge on any atom is -0.497 e. The predicted molar refractivity (Wildman–Crippen MR) is 139 cm³/mol. The SMILES string of the molecule is COc1ccc(NCc2nnc(SCC(=O)Nc3ccccc3OC)n2-c2ccc(C)cc2)cc1. The molecule has 0 fully saturated rings. The van der Waals surface area contributed by atoms with Crippen molar-refractivity contribution in [2.75, 3.05) is 30.6 Å². The first-order valence-corrected chi connectivity index (χ1v) is 12.0. The number of rotatable bonds is 10. The molecule has 35 heavy (non-hydrogen) atoms. The molecule has 1 heterocycles. The van der Waals surface area contributed by atoms with Crippen LogP contribution in [0.25, 0.3) is 5.69 Å². The maximum absolute atomic E-state index is 12.6. The van der Waals surface area contributed by atoms with Gasteiger partial charge in [0.25, 0.3) is 0 Å². The zero-order chi connectivity index (χ0) is 24.6. The Bertz CT molecular complexity index is 1270. The lowest BCUT2D eigenvalue weighted by atomic mass is 10.2. The van der Waals surface area contributed by atoms with Crippen LogP contribution in [0.1, 0.15) is 11.4 Å². The van der Waals surface area contributed by atoms with E-state index in [1.54, 1.807) is 26.4 Å². The highest BCUT2D eigenvalue weighted by Gasteiger charge is 2.16. The lowest BCUT2D eigenvalue weighted by molar-refractivity contribution is -0.113. The van der Waals surface area contributed by atoms with Crippen LogP contribution in [0.2, 0.25) is 0 Å². The highest BCUT2D eigenvalue weighted by Crippen LogP contribution is 2.26. The van der Waals surface area contributed by atoms with Crippen molar-refractivity contribution in [2.45, 2.75) is 18.6 Å². The number of hydrogen-bond donors (Lipinski definition) is 2. The highest BCUT2D eigenvalue weighted by atomic mass is 32.2. The van der Waals surface area contributed by atoms with E-state index in [1.807, 2.05) is 72.2 Å². The Labute approximate surface area is 208 Å². The van der Waals surface area contributed by atoms with Crippen molar-refractivity contribution in [1.29, 1.82) is 0 Å². The van der Waals surface area contributed by atoms with Crippen molar-refractivity contribution in [1.82, 2.24) is 14.8 Å². The minimum atomic E-state index is -0.157. The summed E-state index contributed by atoms with van der Waals surface area (Å²) in [7, 11) is 3.22. The Morgan fingerprint density at radius 3 is 2.40 bits per heavy atom. The van der Waals surface area contributed by atoms with E-state index in [4.69, 9.17) is 9.47 Å². The fourth-order valence-electron chi connectivity index (χ4n) is 3.42. The quantitative estimate of drug-likeness (QED) is 0.305. The van der Waals surface area contributed by atoms with Crippen LogP contribution in [0.4, 0.5) is 11.4 Å². The Morgan fingerprint density at radius 1 is 0.943 bits per heavy atom. The number of aromatic nitrogens is 3. The van der Waals surface area contributed by atoms with Crippen molar-refractivity contribution in [2.24, 2.45) is 0 Å². The zero-order valence-corrected chi connectivity index (χ0v) is 20.6. The molecule has 0 aliphatic carbocycles. The number of carbonyl (C=O) groups is 1. The predicted octanol–water partition coefficient (Wildman–Crippen LogP) is 4.94. The monoisotopic (exact) mass is 489 g/mol. The van der Waals surface area contributed by atoms with Gasteiger partial charge in [-0.25, -0.2) is 0 Å². The second-order valence-electron chi connectivity index (χ2n) is 7.69. The number of nitrogens with one attached hydrogen (secondary N) is 2. The van der Waals surface area contributed by atoms with Gasteiger partial charge in [0, 0.05) is 11.4 Å². The van der Waals surface area contributed by atoms with E-state index in [0.29, 0.717) is 23.1 Å². The van der Waals surface area contributed by atoms with Crippen molar-refractivity contribution in [3.63, 3.8) is 0 Å². The van der Waals surface area contributed by atoms with Gasteiger partial charge in [0.05, 0.1) is 32.2 Å². The smallest absolute Gasteiger partial charge is 0.234 e. The number of thioether (sulfide) groups is 1. The second-order valence-corrected chi connectivity index (χ2v) is 8.63. The van der Waals surface area contributed by atoms with E-state index in [9.17, 15) is 4.79 Å². The van der Waals surface area contributed by atoms with E-state index in [1.165, 1.54) is 11.8 Å². The molecular formula is C26H27N5O3S.